The summed E-state index contributed by atoms with van der Waals surface area (Å²) in [4.78, 5) is 25.9. The molecule has 0 bridgehead atoms. The van der Waals surface area contributed by atoms with E-state index in [2.05, 4.69) is 24.5 Å². The second-order valence-corrected chi connectivity index (χ2v) is 8.80. The molecule has 5 heteroatoms. The summed E-state index contributed by atoms with van der Waals surface area (Å²) in [5.74, 6) is -0.0626. The van der Waals surface area contributed by atoms with Crippen LogP contribution in [0.15, 0.2) is 91.0 Å². The van der Waals surface area contributed by atoms with Crippen molar-refractivity contribution in [2.45, 2.75) is 44.7 Å². The van der Waals surface area contributed by atoms with E-state index in [1.54, 1.807) is 0 Å². The quantitative estimate of drug-likeness (QED) is 0.374. The molecule has 0 spiro atoms. The summed E-state index contributed by atoms with van der Waals surface area (Å²) >= 11 is 0. The first kappa shape index (κ1) is 25.2. The number of nitrogens with one attached hydrogen (secondary N) is 2. The molecule has 0 aliphatic heterocycles. The minimum absolute atomic E-state index is 0.108. The molecule has 178 valence electrons. The molecule has 2 atom stereocenters. The van der Waals surface area contributed by atoms with Crippen molar-refractivity contribution in [3.8, 4) is 0 Å². The molecule has 0 radical (unpaired) electrons. The third-order valence-corrected chi connectivity index (χ3v) is 6.32. The van der Waals surface area contributed by atoms with Crippen molar-refractivity contribution in [2.75, 3.05) is 6.54 Å². The smallest absolute Gasteiger partial charge is 0.237 e. The number of rotatable bonds is 11. The Balaban J connectivity index is 1.88. The van der Waals surface area contributed by atoms with Gasteiger partial charge in [0.25, 0.3) is 0 Å². The van der Waals surface area contributed by atoms with Crippen LogP contribution in [-0.2, 0) is 15.1 Å². The van der Waals surface area contributed by atoms with Crippen LogP contribution < -0.4 is 16.4 Å². The maximum absolute atomic E-state index is 13.4. The maximum atomic E-state index is 13.4. The van der Waals surface area contributed by atoms with Gasteiger partial charge in [-0.1, -0.05) is 111 Å². The molecule has 0 saturated heterocycles. The van der Waals surface area contributed by atoms with Gasteiger partial charge in [-0.2, -0.15) is 0 Å². The molecule has 0 aliphatic rings. The summed E-state index contributed by atoms with van der Waals surface area (Å²) < 4.78 is 0. The monoisotopic (exact) mass is 457 g/mol. The van der Waals surface area contributed by atoms with Gasteiger partial charge in [-0.15, -0.1) is 0 Å². The van der Waals surface area contributed by atoms with Crippen LogP contribution in [0.4, 0.5) is 0 Å². The van der Waals surface area contributed by atoms with Crippen LogP contribution in [0.3, 0.4) is 0 Å². The SMILES string of the molecule is CC[C@H](C)CCNC(=O)[C@@H](N)CC(=O)NC(c1ccccc1)(c1ccccc1)c1ccccc1. The summed E-state index contributed by atoms with van der Waals surface area (Å²) in [6.07, 6.45) is 1.84. The zero-order valence-corrected chi connectivity index (χ0v) is 20.0. The number of benzene rings is 3. The zero-order valence-electron chi connectivity index (χ0n) is 20.0. The van der Waals surface area contributed by atoms with Gasteiger partial charge in [0.1, 0.15) is 5.54 Å². The van der Waals surface area contributed by atoms with E-state index in [-0.39, 0.29) is 18.2 Å². The van der Waals surface area contributed by atoms with Crippen LogP contribution in [-0.4, -0.2) is 24.4 Å². The van der Waals surface area contributed by atoms with E-state index >= 15 is 0 Å². The van der Waals surface area contributed by atoms with Gasteiger partial charge in [-0.05, 0) is 29.0 Å². The predicted octanol–water partition coefficient (Wildman–Crippen LogP) is 4.36. The second-order valence-electron chi connectivity index (χ2n) is 8.80. The Hall–Kier alpha value is -3.44. The van der Waals surface area contributed by atoms with Gasteiger partial charge in [-0.25, -0.2) is 0 Å². The third-order valence-electron chi connectivity index (χ3n) is 6.32. The summed E-state index contributed by atoms with van der Waals surface area (Å²) in [6.45, 7) is 4.84. The van der Waals surface area contributed by atoms with Crippen LogP contribution in [0.2, 0.25) is 0 Å². The first-order valence-electron chi connectivity index (χ1n) is 12.0. The molecule has 3 rings (SSSR count). The molecule has 3 aromatic carbocycles. The Morgan fingerprint density at radius 2 is 1.26 bits per heavy atom. The number of amides is 2. The van der Waals surface area contributed by atoms with Crippen LogP contribution in [0.25, 0.3) is 0 Å². The Morgan fingerprint density at radius 3 is 1.68 bits per heavy atom. The molecular formula is C29H35N3O2. The molecule has 0 aliphatic carbocycles. The summed E-state index contributed by atoms with van der Waals surface area (Å²) in [5.41, 5.74) is 7.98. The lowest BCUT2D eigenvalue weighted by molar-refractivity contribution is -0.128. The molecular weight excluding hydrogens is 422 g/mol. The highest BCUT2D eigenvalue weighted by atomic mass is 16.2. The lowest BCUT2D eigenvalue weighted by Gasteiger charge is -2.37. The van der Waals surface area contributed by atoms with Crippen molar-refractivity contribution in [3.05, 3.63) is 108 Å². The van der Waals surface area contributed by atoms with Crippen molar-refractivity contribution in [1.82, 2.24) is 10.6 Å². The van der Waals surface area contributed by atoms with Crippen molar-refractivity contribution in [1.29, 1.82) is 0 Å². The Bertz CT molecular complexity index is 942. The third kappa shape index (κ3) is 6.12. The fourth-order valence-corrected chi connectivity index (χ4v) is 4.11. The van der Waals surface area contributed by atoms with Gasteiger partial charge >= 0.3 is 0 Å². The Kier molecular flexibility index (Phi) is 9.00. The predicted molar refractivity (Wildman–Crippen MR) is 137 cm³/mol. The van der Waals surface area contributed by atoms with E-state index in [4.69, 9.17) is 5.73 Å². The standard InChI is InChI=1S/C29H35N3O2/c1-3-22(2)19-20-31-28(34)26(30)21-27(33)32-29(23-13-7-4-8-14-23,24-15-9-5-10-16-24)25-17-11-6-12-18-25/h4-18,22,26H,3,19-21,30H2,1-2H3,(H,31,34)(H,32,33)/t22-,26-/m0/s1. The molecule has 4 N–H and O–H groups in total. The van der Waals surface area contributed by atoms with Gasteiger partial charge in [0.05, 0.1) is 12.5 Å². The van der Waals surface area contributed by atoms with Gasteiger partial charge in [0, 0.05) is 6.54 Å². The average molecular weight is 458 g/mol. The molecule has 0 saturated carbocycles. The van der Waals surface area contributed by atoms with Gasteiger partial charge in [0.2, 0.25) is 11.8 Å². The normalized spacial score (nSPS) is 13.0. The van der Waals surface area contributed by atoms with Gasteiger partial charge in [-0.3, -0.25) is 9.59 Å². The van der Waals surface area contributed by atoms with Crippen molar-refractivity contribution in [2.24, 2.45) is 11.7 Å². The molecule has 0 aromatic heterocycles. The minimum atomic E-state index is -0.923. The topological polar surface area (TPSA) is 84.2 Å². The van der Waals surface area contributed by atoms with E-state index in [0.29, 0.717) is 12.5 Å². The molecule has 2 amide bonds. The van der Waals surface area contributed by atoms with Crippen LogP contribution in [0.1, 0.15) is 49.8 Å². The molecule has 3 aromatic rings. The fourth-order valence-electron chi connectivity index (χ4n) is 4.11. The second kappa shape index (κ2) is 12.1. The van der Waals surface area contributed by atoms with Crippen molar-refractivity contribution >= 4 is 11.8 Å². The van der Waals surface area contributed by atoms with Crippen LogP contribution in [0, 0.1) is 5.92 Å². The van der Waals surface area contributed by atoms with Gasteiger partial charge < -0.3 is 16.4 Å². The van der Waals surface area contributed by atoms with Crippen LogP contribution in [0.5, 0.6) is 0 Å². The number of hydrogen-bond donors (Lipinski definition) is 3. The first-order valence-corrected chi connectivity index (χ1v) is 12.0. The molecule has 34 heavy (non-hydrogen) atoms. The van der Waals surface area contributed by atoms with E-state index in [9.17, 15) is 9.59 Å². The van der Waals surface area contributed by atoms with E-state index < -0.39 is 11.6 Å². The molecule has 0 fully saturated rings. The molecule has 0 heterocycles. The first-order chi connectivity index (χ1) is 16.5. The lowest BCUT2D eigenvalue weighted by atomic mass is 9.77. The van der Waals surface area contributed by atoms with E-state index in [1.807, 2.05) is 91.0 Å². The summed E-state index contributed by atoms with van der Waals surface area (Å²) in [6, 6.07) is 28.7. The Morgan fingerprint density at radius 1 is 0.824 bits per heavy atom. The van der Waals surface area contributed by atoms with E-state index in [1.165, 1.54) is 0 Å². The number of carbonyl (C=O) groups excluding carboxylic acids is 2. The lowest BCUT2D eigenvalue weighted by Crippen LogP contribution is -2.51. The van der Waals surface area contributed by atoms with Crippen molar-refractivity contribution < 1.29 is 9.59 Å². The number of carbonyl (C=O) groups is 2. The van der Waals surface area contributed by atoms with Crippen LogP contribution >= 0.6 is 0 Å². The number of hydrogen-bond acceptors (Lipinski definition) is 3. The Labute approximate surface area is 202 Å². The molecule has 0 unspecified atom stereocenters. The van der Waals surface area contributed by atoms with Crippen molar-refractivity contribution in [3.63, 3.8) is 0 Å². The fraction of sp³-hybridized carbons (Fsp3) is 0.310. The maximum Gasteiger partial charge on any atom is 0.237 e. The highest BCUT2D eigenvalue weighted by Gasteiger charge is 2.38. The minimum Gasteiger partial charge on any atom is -0.355 e. The van der Waals surface area contributed by atoms with Gasteiger partial charge in [0.15, 0.2) is 0 Å². The number of nitrogens with two attached hydrogens (primary N) is 1. The largest absolute Gasteiger partial charge is 0.355 e. The molecule has 5 nitrogen and oxygen atoms in total. The highest BCUT2D eigenvalue weighted by Crippen LogP contribution is 2.36. The summed E-state index contributed by atoms with van der Waals surface area (Å²) in [7, 11) is 0. The summed E-state index contributed by atoms with van der Waals surface area (Å²) in [5, 5.41) is 6.12. The zero-order chi connectivity index (χ0) is 24.4. The van der Waals surface area contributed by atoms with E-state index in [0.717, 1.165) is 29.5 Å². The highest BCUT2D eigenvalue weighted by molar-refractivity contribution is 5.89. The average Bonchev–Trinajstić information content (AvgIpc) is 2.88.